The summed E-state index contributed by atoms with van der Waals surface area (Å²) in [4.78, 5) is 25.5. The van der Waals surface area contributed by atoms with Crippen molar-refractivity contribution in [1.82, 2.24) is 4.90 Å². The van der Waals surface area contributed by atoms with Gasteiger partial charge in [-0.2, -0.15) is 0 Å². The van der Waals surface area contributed by atoms with Crippen molar-refractivity contribution < 1.29 is 23.1 Å². The summed E-state index contributed by atoms with van der Waals surface area (Å²) in [6, 6.07) is 3.54. The van der Waals surface area contributed by atoms with Gasteiger partial charge in [0.25, 0.3) is 0 Å². The monoisotopic (exact) mass is 339 g/mol. The highest BCUT2D eigenvalue weighted by molar-refractivity contribution is 5.80. The molecule has 1 aliphatic heterocycles. The van der Waals surface area contributed by atoms with Gasteiger partial charge in [-0.3, -0.25) is 9.59 Å². The largest absolute Gasteiger partial charge is 0.462 e. The number of nitrogens with zero attached hydrogens (tertiary/aromatic N) is 1. The molecule has 2 rings (SSSR count). The lowest BCUT2D eigenvalue weighted by atomic mass is 10.1. The zero-order valence-electron chi connectivity index (χ0n) is 14.2. The summed E-state index contributed by atoms with van der Waals surface area (Å²) < 4.78 is 32.5. The molecule has 1 saturated heterocycles. The third-order valence-electron chi connectivity index (χ3n) is 4.48. The van der Waals surface area contributed by atoms with Crippen LogP contribution in [0.1, 0.15) is 45.6 Å². The Bertz CT molecular complexity index is 618. The van der Waals surface area contributed by atoms with Crippen LogP contribution in [-0.4, -0.2) is 28.9 Å². The normalized spacial score (nSPS) is 19.0. The van der Waals surface area contributed by atoms with Crippen molar-refractivity contribution in [2.45, 2.75) is 58.7 Å². The molecule has 1 amide bonds. The number of benzene rings is 1. The van der Waals surface area contributed by atoms with E-state index < -0.39 is 11.6 Å². The maximum absolute atomic E-state index is 13.8. The minimum atomic E-state index is -0.952. The Labute approximate surface area is 140 Å². The molecule has 0 spiro atoms. The van der Waals surface area contributed by atoms with Gasteiger partial charge in [-0.1, -0.05) is 26.0 Å². The standard InChI is InChI=1S/C18H23F2NO3/c1-11(2)12(3)24-17(23)9-14-7-8-16(22)21(14)10-13-5-4-6-15(19)18(13)20/h4-6,11-12,14H,7-10H2,1-3H3. The minimum absolute atomic E-state index is 0.0416. The number of rotatable bonds is 6. The van der Waals surface area contributed by atoms with Crippen LogP contribution in [0.2, 0.25) is 0 Å². The van der Waals surface area contributed by atoms with Gasteiger partial charge in [0.2, 0.25) is 5.91 Å². The maximum Gasteiger partial charge on any atom is 0.308 e. The molecule has 1 fully saturated rings. The average Bonchev–Trinajstić information content (AvgIpc) is 2.84. The summed E-state index contributed by atoms with van der Waals surface area (Å²) in [7, 11) is 0. The molecule has 4 nitrogen and oxygen atoms in total. The summed E-state index contributed by atoms with van der Waals surface area (Å²) >= 11 is 0. The highest BCUT2D eigenvalue weighted by atomic mass is 19.2. The van der Waals surface area contributed by atoms with E-state index in [1.54, 1.807) is 0 Å². The van der Waals surface area contributed by atoms with Gasteiger partial charge in [0, 0.05) is 24.6 Å². The van der Waals surface area contributed by atoms with Gasteiger partial charge in [-0.05, 0) is 25.3 Å². The molecule has 132 valence electrons. The van der Waals surface area contributed by atoms with E-state index in [1.807, 2.05) is 20.8 Å². The second-order valence-corrected chi connectivity index (χ2v) is 6.57. The molecule has 2 atom stereocenters. The highest BCUT2D eigenvalue weighted by Crippen LogP contribution is 2.26. The van der Waals surface area contributed by atoms with Crippen LogP contribution in [0.15, 0.2) is 18.2 Å². The Hall–Kier alpha value is -1.98. The van der Waals surface area contributed by atoms with E-state index in [0.717, 1.165) is 6.07 Å². The number of likely N-dealkylation sites (tertiary alicyclic amines) is 1. The van der Waals surface area contributed by atoms with E-state index in [2.05, 4.69) is 0 Å². The Morgan fingerprint density at radius 2 is 2.04 bits per heavy atom. The lowest BCUT2D eigenvalue weighted by Gasteiger charge is -2.25. The zero-order valence-corrected chi connectivity index (χ0v) is 14.2. The lowest BCUT2D eigenvalue weighted by Crippen LogP contribution is -2.35. The predicted molar refractivity (Wildman–Crippen MR) is 84.9 cm³/mol. The van der Waals surface area contributed by atoms with E-state index in [4.69, 9.17) is 4.74 Å². The van der Waals surface area contributed by atoms with Crippen LogP contribution in [0.4, 0.5) is 8.78 Å². The first-order chi connectivity index (χ1) is 11.3. The van der Waals surface area contributed by atoms with Gasteiger partial charge < -0.3 is 9.64 Å². The van der Waals surface area contributed by atoms with Crippen molar-refractivity contribution in [1.29, 1.82) is 0 Å². The molecule has 0 aromatic heterocycles. The number of hydrogen-bond donors (Lipinski definition) is 0. The number of hydrogen-bond acceptors (Lipinski definition) is 3. The number of esters is 1. The summed E-state index contributed by atoms with van der Waals surface area (Å²) in [5, 5.41) is 0. The minimum Gasteiger partial charge on any atom is -0.462 e. The van der Waals surface area contributed by atoms with Crippen LogP contribution >= 0.6 is 0 Å². The highest BCUT2D eigenvalue weighted by Gasteiger charge is 2.33. The number of carbonyl (C=O) groups is 2. The van der Waals surface area contributed by atoms with E-state index in [0.29, 0.717) is 12.8 Å². The van der Waals surface area contributed by atoms with Gasteiger partial charge in [0.15, 0.2) is 11.6 Å². The first kappa shape index (κ1) is 18.4. The van der Waals surface area contributed by atoms with Gasteiger partial charge in [-0.15, -0.1) is 0 Å². The zero-order chi connectivity index (χ0) is 17.9. The molecule has 1 heterocycles. The fraction of sp³-hybridized carbons (Fsp3) is 0.556. The molecule has 0 radical (unpaired) electrons. The molecular formula is C18H23F2NO3. The number of amides is 1. The first-order valence-electron chi connectivity index (χ1n) is 8.21. The van der Waals surface area contributed by atoms with Gasteiger partial charge in [0.05, 0.1) is 6.42 Å². The van der Waals surface area contributed by atoms with Crippen molar-refractivity contribution in [3.8, 4) is 0 Å². The first-order valence-corrected chi connectivity index (χ1v) is 8.21. The van der Waals surface area contributed by atoms with Crippen LogP contribution in [0.3, 0.4) is 0 Å². The van der Waals surface area contributed by atoms with E-state index in [1.165, 1.54) is 17.0 Å². The Morgan fingerprint density at radius 1 is 1.33 bits per heavy atom. The van der Waals surface area contributed by atoms with Gasteiger partial charge in [0.1, 0.15) is 6.10 Å². The van der Waals surface area contributed by atoms with Crippen molar-refractivity contribution >= 4 is 11.9 Å². The maximum atomic E-state index is 13.8. The summed E-state index contributed by atoms with van der Waals surface area (Å²) in [6.45, 7) is 5.69. The summed E-state index contributed by atoms with van der Waals surface area (Å²) in [6.07, 6.45) is 0.679. The van der Waals surface area contributed by atoms with Crippen LogP contribution in [0, 0.1) is 17.6 Å². The molecule has 2 unspecified atom stereocenters. The third-order valence-corrected chi connectivity index (χ3v) is 4.48. The number of ether oxygens (including phenoxy) is 1. The van der Waals surface area contributed by atoms with Crippen LogP contribution in [0.25, 0.3) is 0 Å². The van der Waals surface area contributed by atoms with E-state index >= 15 is 0 Å². The van der Waals surface area contributed by atoms with Crippen LogP contribution in [-0.2, 0) is 20.9 Å². The Morgan fingerprint density at radius 3 is 2.71 bits per heavy atom. The van der Waals surface area contributed by atoms with Crippen molar-refractivity contribution in [3.63, 3.8) is 0 Å². The molecular weight excluding hydrogens is 316 g/mol. The topological polar surface area (TPSA) is 46.6 Å². The second-order valence-electron chi connectivity index (χ2n) is 6.57. The molecule has 0 aliphatic carbocycles. The van der Waals surface area contributed by atoms with Crippen LogP contribution in [0.5, 0.6) is 0 Å². The summed E-state index contributed by atoms with van der Waals surface area (Å²) in [5.41, 5.74) is 0.110. The quantitative estimate of drug-likeness (QED) is 0.746. The van der Waals surface area contributed by atoms with Gasteiger partial charge in [-0.25, -0.2) is 8.78 Å². The van der Waals surface area contributed by atoms with Crippen molar-refractivity contribution in [2.75, 3.05) is 0 Å². The lowest BCUT2D eigenvalue weighted by molar-refractivity contribution is -0.151. The molecule has 0 N–H and O–H groups in total. The van der Waals surface area contributed by atoms with E-state index in [9.17, 15) is 18.4 Å². The van der Waals surface area contributed by atoms with E-state index in [-0.39, 0.29) is 48.5 Å². The molecule has 1 aliphatic rings. The van der Waals surface area contributed by atoms with Crippen molar-refractivity contribution in [2.24, 2.45) is 5.92 Å². The molecule has 6 heteroatoms. The fourth-order valence-electron chi connectivity index (χ4n) is 2.66. The smallest absolute Gasteiger partial charge is 0.308 e. The van der Waals surface area contributed by atoms with Crippen LogP contribution < -0.4 is 0 Å². The third kappa shape index (κ3) is 4.30. The average molecular weight is 339 g/mol. The van der Waals surface area contributed by atoms with Gasteiger partial charge >= 0.3 is 5.97 Å². The van der Waals surface area contributed by atoms with Crippen molar-refractivity contribution in [3.05, 3.63) is 35.4 Å². The summed E-state index contributed by atoms with van der Waals surface area (Å²) in [5.74, 6) is -2.22. The molecule has 0 saturated carbocycles. The molecule has 24 heavy (non-hydrogen) atoms. The molecule has 1 aromatic rings. The fourth-order valence-corrected chi connectivity index (χ4v) is 2.66. The molecule has 0 bridgehead atoms. The Kier molecular flexibility index (Phi) is 5.91. The Balaban J connectivity index is 2.04. The molecule has 1 aromatic carbocycles. The second kappa shape index (κ2) is 7.73. The number of halogens is 2. The number of carbonyl (C=O) groups excluding carboxylic acids is 2. The SMILES string of the molecule is CC(C)C(C)OC(=O)CC1CCC(=O)N1Cc1cccc(F)c1F. The predicted octanol–water partition coefficient (Wildman–Crippen LogP) is 3.43.